The third kappa shape index (κ3) is 4.82. The Morgan fingerprint density at radius 3 is 2.30 bits per heavy atom. The van der Waals surface area contributed by atoms with Gasteiger partial charge >= 0.3 is 5.97 Å². The van der Waals surface area contributed by atoms with Crippen molar-refractivity contribution in [2.75, 3.05) is 6.54 Å². The number of rotatable bonds is 7. The molecule has 0 atom stereocenters. The number of carbonyl (C=O) groups is 2. The summed E-state index contributed by atoms with van der Waals surface area (Å²) in [6.45, 7) is -0.666. The Morgan fingerprint density at radius 2 is 1.59 bits per heavy atom. The van der Waals surface area contributed by atoms with Crippen LogP contribution in [0.1, 0.15) is 10.5 Å². The molecule has 37 heavy (non-hydrogen) atoms. The number of nitrogens with one attached hydrogen (secondary N) is 1. The monoisotopic (exact) mass is 515 g/mol. The van der Waals surface area contributed by atoms with Crippen molar-refractivity contribution >= 4 is 33.5 Å². The predicted octanol–water partition coefficient (Wildman–Crippen LogP) is 5.48. The number of hydrogen-bond acceptors (Lipinski definition) is 7. The topological polar surface area (TPSA) is 122 Å². The van der Waals surface area contributed by atoms with Crippen LogP contribution in [0.3, 0.4) is 0 Å². The molecule has 0 saturated heterocycles. The molecule has 0 aliphatic carbocycles. The summed E-state index contributed by atoms with van der Waals surface area (Å²) in [6.07, 6.45) is 0. The number of para-hydroxylation sites is 1. The van der Waals surface area contributed by atoms with Gasteiger partial charge in [0.1, 0.15) is 23.9 Å². The van der Waals surface area contributed by atoms with Crippen LogP contribution in [0.15, 0.2) is 78.9 Å². The lowest BCUT2D eigenvalue weighted by atomic mass is 10.0. The summed E-state index contributed by atoms with van der Waals surface area (Å²) >= 11 is 1.00. The number of fused-ring (bicyclic) bond motifs is 1. The van der Waals surface area contributed by atoms with Gasteiger partial charge in [-0.1, -0.05) is 30.3 Å². The minimum Gasteiger partial charge on any atom is -0.505 e. The van der Waals surface area contributed by atoms with Crippen LogP contribution in [0.5, 0.6) is 17.2 Å². The van der Waals surface area contributed by atoms with E-state index in [1.807, 2.05) is 30.3 Å². The first-order chi connectivity index (χ1) is 17.9. The molecule has 0 bridgehead atoms. The van der Waals surface area contributed by atoms with E-state index in [0.717, 1.165) is 11.5 Å². The Morgan fingerprint density at radius 1 is 0.919 bits per heavy atom. The van der Waals surface area contributed by atoms with Crippen molar-refractivity contribution in [3.05, 3.63) is 90.4 Å². The highest BCUT2D eigenvalue weighted by Gasteiger charge is 2.26. The number of nitrogens with zero attached hydrogens (tertiary/aromatic N) is 2. The normalized spacial score (nSPS) is 10.8. The van der Waals surface area contributed by atoms with E-state index in [4.69, 9.17) is 9.84 Å². The second-order valence-electron chi connectivity index (χ2n) is 7.89. The molecule has 2 heterocycles. The number of aliphatic carboxylic acids is 1. The first-order valence-electron chi connectivity index (χ1n) is 11.0. The van der Waals surface area contributed by atoms with E-state index in [9.17, 15) is 19.1 Å². The fraction of sp³-hybridized carbons (Fsp3) is 0.0370. The summed E-state index contributed by atoms with van der Waals surface area (Å²) in [7, 11) is 0. The van der Waals surface area contributed by atoms with Crippen LogP contribution in [0.4, 0.5) is 4.39 Å². The molecule has 0 unspecified atom stereocenters. The number of benzene rings is 3. The van der Waals surface area contributed by atoms with Crippen LogP contribution in [0, 0.1) is 5.82 Å². The molecular formula is C27H18FN3O5S. The fourth-order valence-electron chi connectivity index (χ4n) is 3.74. The summed E-state index contributed by atoms with van der Waals surface area (Å²) in [5.41, 5.74) is 0.799. The lowest BCUT2D eigenvalue weighted by Crippen LogP contribution is -2.30. The van der Waals surface area contributed by atoms with Gasteiger partial charge in [-0.05, 0) is 60.1 Å². The van der Waals surface area contributed by atoms with Crippen LogP contribution in [-0.4, -0.2) is 38.0 Å². The molecule has 0 aliphatic rings. The average Bonchev–Trinajstić information content (AvgIpc) is 3.35. The van der Waals surface area contributed by atoms with Crippen molar-refractivity contribution in [2.24, 2.45) is 0 Å². The van der Waals surface area contributed by atoms with Gasteiger partial charge in [-0.15, -0.1) is 0 Å². The molecule has 0 spiro atoms. The molecule has 0 fully saturated rings. The molecule has 184 valence electrons. The van der Waals surface area contributed by atoms with Crippen LogP contribution in [-0.2, 0) is 4.79 Å². The second kappa shape index (κ2) is 10.0. The molecule has 1 amide bonds. The van der Waals surface area contributed by atoms with Gasteiger partial charge in [0.05, 0.1) is 21.5 Å². The third-order valence-corrected chi connectivity index (χ3v) is 6.30. The molecule has 0 aliphatic heterocycles. The van der Waals surface area contributed by atoms with Gasteiger partial charge in [-0.25, -0.2) is 9.37 Å². The Labute approximate surface area is 213 Å². The van der Waals surface area contributed by atoms with Gasteiger partial charge in [-0.3, -0.25) is 9.59 Å². The molecule has 3 aromatic carbocycles. The standard InChI is InChI=1S/C27H18FN3O5S/c28-19-9-5-4-8-18(19)23-21-25(34)24(27(35)29-14-20(32)33)30-22(26(21)37-31-23)15-10-12-17(13-11-15)36-16-6-2-1-3-7-16/h1-13,34H,14H2,(H,29,35)(H,32,33). The van der Waals surface area contributed by atoms with Gasteiger partial charge in [0.25, 0.3) is 5.91 Å². The van der Waals surface area contributed by atoms with Crippen LogP contribution in [0.25, 0.3) is 32.6 Å². The van der Waals surface area contributed by atoms with Crippen molar-refractivity contribution in [1.82, 2.24) is 14.7 Å². The SMILES string of the molecule is O=C(O)CNC(=O)c1nc(-c2ccc(Oc3ccccc3)cc2)c2snc(-c3ccccc3F)c2c1O. The maximum absolute atomic E-state index is 14.6. The zero-order valence-electron chi connectivity index (χ0n) is 19.0. The number of pyridine rings is 1. The zero-order valence-corrected chi connectivity index (χ0v) is 19.8. The minimum absolute atomic E-state index is 0.143. The largest absolute Gasteiger partial charge is 0.505 e. The zero-order chi connectivity index (χ0) is 25.9. The Kier molecular flexibility index (Phi) is 6.48. The number of amides is 1. The highest BCUT2D eigenvalue weighted by molar-refractivity contribution is 7.14. The molecule has 8 nitrogen and oxygen atoms in total. The van der Waals surface area contributed by atoms with Gasteiger partial charge in [-0.2, -0.15) is 4.37 Å². The quantitative estimate of drug-likeness (QED) is 0.263. The van der Waals surface area contributed by atoms with Gasteiger partial charge in [0, 0.05) is 11.1 Å². The molecule has 3 N–H and O–H groups in total. The van der Waals surface area contributed by atoms with Gasteiger partial charge < -0.3 is 20.3 Å². The highest BCUT2D eigenvalue weighted by atomic mass is 32.1. The van der Waals surface area contributed by atoms with E-state index < -0.39 is 35.7 Å². The van der Waals surface area contributed by atoms with E-state index in [1.54, 1.807) is 30.3 Å². The number of aromatic hydroxyl groups is 1. The lowest BCUT2D eigenvalue weighted by molar-refractivity contribution is -0.135. The van der Waals surface area contributed by atoms with E-state index in [2.05, 4.69) is 14.7 Å². The summed E-state index contributed by atoms with van der Waals surface area (Å²) in [5, 5.41) is 22.3. The summed E-state index contributed by atoms with van der Waals surface area (Å²) in [5.74, 6) is -1.98. The smallest absolute Gasteiger partial charge is 0.322 e. The molecule has 0 saturated carbocycles. The number of carboxylic acid groups (broad SMARTS) is 1. The summed E-state index contributed by atoms with van der Waals surface area (Å²) < 4.78 is 25.3. The Bertz CT molecular complexity index is 1620. The van der Waals surface area contributed by atoms with E-state index in [-0.39, 0.29) is 16.6 Å². The molecular weight excluding hydrogens is 497 g/mol. The van der Waals surface area contributed by atoms with Crippen molar-refractivity contribution in [3.63, 3.8) is 0 Å². The van der Waals surface area contributed by atoms with Gasteiger partial charge in [0.15, 0.2) is 11.4 Å². The van der Waals surface area contributed by atoms with Crippen molar-refractivity contribution in [1.29, 1.82) is 0 Å². The number of hydrogen-bond donors (Lipinski definition) is 3. The first-order valence-corrected chi connectivity index (χ1v) is 11.8. The Hall–Kier alpha value is -4.83. The van der Waals surface area contributed by atoms with Crippen molar-refractivity contribution in [2.45, 2.75) is 0 Å². The lowest BCUT2D eigenvalue weighted by Gasteiger charge is -2.11. The predicted molar refractivity (Wildman–Crippen MR) is 136 cm³/mol. The average molecular weight is 516 g/mol. The Balaban J connectivity index is 1.64. The van der Waals surface area contributed by atoms with Crippen molar-refractivity contribution < 1.29 is 28.9 Å². The molecule has 10 heteroatoms. The summed E-state index contributed by atoms with van der Waals surface area (Å²) in [4.78, 5) is 28.1. The number of aromatic nitrogens is 2. The molecule has 0 radical (unpaired) electrons. The van der Waals surface area contributed by atoms with Crippen LogP contribution in [0.2, 0.25) is 0 Å². The fourth-order valence-corrected chi connectivity index (χ4v) is 4.65. The molecule has 2 aromatic heterocycles. The second-order valence-corrected chi connectivity index (χ2v) is 8.66. The van der Waals surface area contributed by atoms with Crippen LogP contribution < -0.4 is 10.1 Å². The summed E-state index contributed by atoms with van der Waals surface area (Å²) in [6, 6.07) is 22.1. The number of halogens is 1. The number of carboxylic acids is 1. The van der Waals surface area contributed by atoms with Crippen LogP contribution >= 0.6 is 11.5 Å². The number of ether oxygens (including phenoxy) is 1. The van der Waals surface area contributed by atoms with Crippen molar-refractivity contribution in [3.8, 4) is 39.8 Å². The minimum atomic E-state index is -1.26. The van der Waals surface area contributed by atoms with Gasteiger partial charge in [0.2, 0.25) is 0 Å². The highest BCUT2D eigenvalue weighted by Crippen LogP contribution is 2.43. The van der Waals surface area contributed by atoms with E-state index in [1.165, 1.54) is 18.2 Å². The first kappa shape index (κ1) is 23.9. The third-order valence-electron chi connectivity index (χ3n) is 5.44. The van der Waals surface area contributed by atoms with E-state index in [0.29, 0.717) is 27.5 Å². The maximum Gasteiger partial charge on any atom is 0.322 e. The molecule has 5 aromatic rings. The molecule has 5 rings (SSSR count). The maximum atomic E-state index is 14.6. The number of carbonyl (C=O) groups excluding carboxylic acids is 1. The van der Waals surface area contributed by atoms with E-state index >= 15 is 0 Å².